The van der Waals surface area contributed by atoms with E-state index in [0.717, 1.165) is 29.4 Å². The van der Waals surface area contributed by atoms with Crippen molar-refractivity contribution in [3.8, 4) is 11.5 Å². The number of hydrogen-bond acceptors (Lipinski definition) is 6. The lowest BCUT2D eigenvalue weighted by atomic mass is 10.1. The number of ether oxygens (including phenoxy) is 2. The van der Waals surface area contributed by atoms with E-state index < -0.39 is 0 Å². The molecule has 0 unspecified atom stereocenters. The fraction of sp³-hybridized carbons (Fsp3) is 0.304. The topological polar surface area (TPSA) is 72.5 Å². The minimum absolute atomic E-state index is 0.0958. The van der Waals surface area contributed by atoms with E-state index in [1.54, 1.807) is 14.2 Å². The molecular weight excluding hydrogens is 398 g/mol. The van der Waals surface area contributed by atoms with Gasteiger partial charge in [-0.15, -0.1) is 0 Å². The first-order valence-corrected chi connectivity index (χ1v) is 10.7. The SMILES string of the molecule is COc1ccc(CCNC(=O)c2sc(NCCc3ccccc3)nc2C)cc1OC. The van der Waals surface area contributed by atoms with Gasteiger partial charge in [0.2, 0.25) is 0 Å². The lowest BCUT2D eigenvalue weighted by Crippen LogP contribution is -2.25. The van der Waals surface area contributed by atoms with Crippen LogP contribution in [0.3, 0.4) is 0 Å². The van der Waals surface area contributed by atoms with Gasteiger partial charge in [0.25, 0.3) is 5.91 Å². The number of anilines is 1. The molecule has 0 saturated heterocycles. The third-order valence-corrected chi connectivity index (χ3v) is 5.80. The van der Waals surface area contributed by atoms with Crippen LogP contribution in [0, 0.1) is 6.92 Å². The molecule has 0 fully saturated rings. The van der Waals surface area contributed by atoms with Gasteiger partial charge in [-0.05, 0) is 43.0 Å². The van der Waals surface area contributed by atoms with Crippen LogP contribution in [0.1, 0.15) is 26.5 Å². The van der Waals surface area contributed by atoms with Crippen molar-refractivity contribution in [2.75, 3.05) is 32.6 Å². The molecule has 7 heteroatoms. The Bertz CT molecular complexity index is 973. The van der Waals surface area contributed by atoms with Crippen LogP contribution in [0.5, 0.6) is 11.5 Å². The molecule has 0 bridgehead atoms. The summed E-state index contributed by atoms with van der Waals surface area (Å²) >= 11 is 1.39. The molecule has 30 heavy (non-hydrogen) atoms. The summed E-state index contributed by atoms with van der Waals surface area (Å²) in [6.07, 6.45) is 1.61. The van der Waals surface area contributed by atoms with Crippen molar-refractivity contribution >= 4 is 22.4 Å². The van der Waals surface area contributed by atoms with E-state index in [9.17, 15) is 4.79 Å². The molecule has 0 aliphatic rings. The lowest BCUT2D eigenvalue weighted by Gasteiger charge is -2.10. The van der Waals surface area contributed by atoms with Crippen LogP contribution in [0.15, 0.2) is 48.5 Å². The van der Waals surface area contributed by atoms with Crippen molar-refractivity contribution in [3.63, 3.8) is 0 Å². The highest BCUT2D eigenvalue weighted by Crippen LogP contribution is 2.27. The molecule has 0 saturated carbocycles. The normalized spacial score (nSPS) is 10.5. The van der Waals surface area contributed by atoms with Gasteiger partial charge in [-0.2, -0.15) is 0 Å². The highest BCUT2D eigenvalue weighted by Gasteiger charge is 2.15. The zero-order valence-electron chi connectivity index (χ0n) is 17.5. The van der Waals surface area contributed by atoms with Crippen molar-refractivity contribution in [1.29, 1.82) is 0 Å². The average Bonchev–Trinajstić information content (AvgIpc) is 3.14. The predicted octanol–water partition coefficient (Wildman–Crippen LogP) is 4.10. The molecule has 2 aromatic carbocycles. The van der Waals surface area contributed by atoms with Crippen LogP contribution in [-0.4, -0.2) is 38.2 Å². The van der Waals surface area contributed by atoms with Crippen molar-refractivity contribution in [1.82, 2.24) is 10.3 Å². The smallest absolute Gasteiger partial charge is 0.263 e. The highest BCUT2D eigenvalue weighted by molar-refractivity contribution is 7.17. The number of thiazole rings is 1. The average molecular weight is 426 g/mol. The molecule has 0 aliphatic heterocycles. The summed E-state index contributed by atoms with van der Waals surface area (Å²) in [5.41, 5.74) is 3.08. The Kier molecular flexibility index (Phi) is 7.68. The van der Waals surface area contributed by atoms with Gasteiger partial charge in [0.15, 0.2) is 16.6 Å². The number of benzene rings is 2. The maximum atomic E-state index is 12.6. The van der Waals surface area contributed by atoms with Crippen molar-refractivity contribution in [3.05, 3.63) is 70.2 Å². The quantitative estimate of drug-likeness (QED) is 0.512. The standard InChI is InChI=1S/C23H27N3O3S/c1-16-21(30-23(26-16)25-14-11-17-7-5-4-6-8-17)22(27)24-13-12-18-9-10-19(28-2)20(15-18)29-3/h4-10,15H,11-14H2,1-3H3,(H,24,27)(H,25,26). The molecule has 158 valence electrons. The molecule has 6 nitrogen and oxygen atoms in total. The fourth-order valence-electron chi connectivity index (χ4n) is 3.08. The number of aryl methyl sites for hydroxylation is 1. The largest absolute Gasteiger partial charge is 0.493 e. The second-order valence-electron chi connectivity index (χ2n) is 6.79. The van der Waals surface area contributed by atoms with Crippen molar-refractivity contribution < 1.29 is 14.3 Å². The van der Waals surface area contributed by atoms with Crippen LogP contribution in [0.4, 0.5) is 5.13 Å². The summed E-state index contributed by atoms with van der Waals surface area (Å²) in [4.78, 5) is 17.7. The number of methoxy groups -OCH3 is 2. The Balaban J connectivity index is 1.49. The van der Waals surface area contributed by atoms with Crippen LogP contribution >= 0.6 is 11.3 Å². The number of amides is 1. The van der Waals surface area contributed by atoms with Crippen LogP contribution in [0.2, 0.25) is 0 Å². The van der Waals surface area contributed by atoms with E-state index in [0.29, 0.717) is 29.3 Å². The van der Waals surface area contributed by atoms with E-state index in [1.807, 2.05) is 43.3 Å². The first-order valence-electron chi connectivity index (χ1n) is 9.85. The summed E-state index contributed by atoms with van der Waals surface area (Å²) in [6.45, 7) is 3.17. The molecule has 1 amide bonds. The maximum Gasteiger partial charge on any atom is 0.263 e. The summed E-state index contributed by atoms with van der Waals surface area (Å²) in [5, 5.41) is 7.07. The second-order valence-corrected chi connectivity index (χ2v) is 7.79. The first-order chi connectivity index (χ1) is 14.6. The van der Waals surface area contributed by atoms with Crippen LogP contribution < -0.4 is 20.1 Å². The monoisotopic (exact) mass is 425 g/mol. The van der Waals surface area contributed by atoms with Crippen molar-refractivity contribution in [2.24, 2.45) is 0 Å². The number of carbonyl (C=O) groups excluding carboxylic acids is 1. The van der Waals surface area contributed by atoms with E-state index in [1.165, 1.54) is 16.9 Å². The molecule has 1 heterocycles. The zero-order chi connectivity index (χ0) is 21.3. The third kappa shape index (κ3) is 5.73. The Morgan fingerprint density at radius 3 is 2.43 bits per heavy atom. The Hall–Kier alpha value is -3.06. The summed E-state index contributed by atoms with van der Waals surface area (Å²) in [7, 11) is 3.22. The van der Waals surface area contributed by atoms with E-state index in [2.05, 4.69) is 27.8 Å². The Morgan fingerprint density at radius 1 is 0.967 bits per heavy atom. The van der Waals surface area contributed by atoms with Gasteiger partial charge in [-0.25, -0.2) is 4.98 Å². The zero-order valence-corrected chi connectivity index (χ0v) is 18.3. The minimum atomic E-state index is -0.0958. The molecule has 3 rings (SSSR count). The summed E-state index contributed by atoms with van der Waals surface area (Å²) in [6, 6.07) is 16.1. The van der Waals surface area contributed by atoms with E-state index >= 15 is 0 Å². The first kappa shape index (κ1) is 21.6. The molecule has 2 N–H and O–H groups in total. The maximum absolute atomic E-state index is 12.6. The van der Waals surface area contributed by atoms with Crippen LogP contribution in [-0.2, 0) is 12.8 Å². The number of hydrogen-bond donors (Lipinski definition) is 2. The Morgan fingerprint density at radius 2 is 1.70 bits per heavy atom. The molecule has 0 atom stereocenters. The van der Waals surface area contributed by atoms with Gasteiger partial charge in [-0.1, -0.05) is 47.7 Å². The van der Waals surface area contributed by atoms with E-state index in [4.69, 9.17) is 9.47 Å². The summed E-state index contributed by atoms with van der Waals surface area (Å²) < 4.78 is 10.6. The predicted molar refractivity (Wildman–Crippen MR) is 121 cm³/mol. The minimum Gasteiger partial charge on any atom is -0.493 e. The molecular formula is C23H27N3O3S. The van der Waals surface area contributed by atoms with Crippen LogP contribution in [0.25, 0.3) is 0 Å². The Labute approximate surface area is 181 Å². The second kappa shape index (κ2) is 10.6. The summed E-state index contributed by atoms with van der Waals surface area (Å²) in [5.74, 6) is 1.28. The fourth-order valence-corrected chi connectivity index (χ4v) is 3.99. The number of aromatic nitrogens is 1. The number of nitrogens with one attached hydrogen (secondary N) is 2. The lowest BCUT2D eigenvalue weighted by molar-refractivity contribution is 0.0957. The molecule has 0 aliphatic carbocycles. The molecule has 0 radical (unpaired) electrons. The van der Waals surface area contributed by atoms with Gasteiger partial charge in [0.05, 0.1) is 19.9 Å². The van der Waals surface area contributed by atoms with Gasteiger partial charge < -0.3 is 20.1 Å². The number of carbonyl (C=O) groups is 1. The number of rotatable bonds is 10. The van der Waals surface area contributed by atoms with E-state index in [-0.39, 0.29) is 5.91 Å². The number of nitrogens with zero attached hydrogens (tertiary/aromatic N) is 1. The third-order valence-electron chi connectivity index (χ3n) is 4.68. The van der Waals surface area contributed by atoms with Crippen molar-refractivity contribution in [2.45, 2.75) is 19.8 Å². The molecule has 1 aromatic heterocycles. The molecule has 3 aromatic rings. The highest BCUT2D eigenvalue weighted by atomic mass is 32.1. The van der Waals surface area contributed by atoms with Gasteiger partial charge in [0.1, 0.15) is 4.88 Å². The molecule has 0 spiro atoms. The van der Waals surface area contributed by atoms with Gasteiger partial charge in [-0.3, -0.25) is 4.79 Å². The van der Waals surface area contributed by atoms with Gasteiger partial charge in [0, 0.05) is 13.1 Å². The van der Waals surface area contributed by atoms with Gasteiger partial charge >= 0.3 is 0 Å².